The molecule has 3 aromatic rings. The number of nitrogens with two attached hydrogens (primary N) is 1. The quantitative estimate of drug-likeness (QED) is 0.0554. The van der Waals surface area contributed by atoms with Crippen LogP contribution >= 0.6 is 11.6 Å². The standard InChI is InChI=1S/C27H32ClN7O10/c1-4-26(43,22(38)35-14-31-19-20(29)32-25(28)33-21(19)35)17(44-3)13-45-27(23(39)40,24(41)42)11-15-5-7-16(8-6-15)30-9-10-34(2)12-18(36)37/h1,5-8,14,17,22,30,38,43H,9-13H2,2-3H3,(H,36,37)(H,39,40)(H,41,42)(H2,29,32,33)/t17-,22-,26-/m1/s1. The van der Waals surface area contributed by atoms with E-state index in [1.54, 1.807) is 24.1 Å². The fourth-order valence-corrected chi connectivity index (χ4v) is 4.55. The van der Waals surface area contributed by atoms with Crippen molar-refractivity contribution in [3.63, 3.8) is 0 Å². The summed E-state index contributed by atoms with van der Waals surface area (Å²) < 4.78 is 11.6. The lowest BCUT2D eigenvalue weighted by Gasteiger charge is -2.36. The Morgan fingerprint density at radius 2 is 1.84 bits per heavy atom. The molecule has 0 fully saturated rings. The Morgan fingerprint density at radius 1 is 1.20 bits per heavy atom. The van der Waals surface area contributed by atoms with Crippen molar-refractivity contribution in [3.8, 4) is 12.3 Å². The van der Waals surface area contributed by atoms with Crippen LogP contribution < -0.4 is 11.1 Å². The number of fused-ring (bicyclic) bond motifs is 1. The van der Waals surface area contributed by atoms with Gasteiger partial charge in [-0.1, -0.05) is 18.1 Å². The maximum Gasteiger partial charge on any atom is 0.348 e. The van der Waals surface area contributed by atoms with Crippen LogP contribution in [0.25, 0.3) is 11.2 Å². The van der Waals surface area contributed by atoms with E-state index in [1.807, 2.05) is 5.92 Å². The van der Waals surface area contributed by atoms with Crippen molar-refractivity contribution in [2.75, 3.05) is 51.4 Å². The number of methoxy groups -OCH3 is 1. The van der Waals surface area contributed by atoms with Crippen LogP contribution in [-0.2, 0) is 30.3 Å². The Hall–Kier alpha value is -4.57. The number of imidazole rings is 1. The summed E-state index contributed by atoms with van der Waals surface area (Å²) in [5, 5.41) is 54.2. The topological polar surface area (TPSA) is 256 Å². The lowest BCUT2D eigenvalue weighted by molar-refractivity contribution is -0.202. The smallest absolute Gasteiger partial charge is 0.348 e. The lowest BCUT2D eigenvalue weighted by atomic mass is 9.92. The van der Waals surface area contributed by atoms with Crippen LogP contribution in [0.1, 0.15) is 11.8 Å². The second-order valence-electron chi connectivity index (χ2n) is 9.95. The fourth-order valence-electron chi connectivity index (χ4n) is 4.37. The predicted octanol–water partition coefficient (Wildman–Crippen LogP) is -0.472. The molecule has 0 saturated carbocycles. The van der Waals surface area contributed by atoms with Crippen LogP contribution in [0.4, 0.5) is 11.5 Å². The van der Waals surface area contributed by atoms with Gasteiger partial charge < -0.3 is 46.1 Å². The van der Waals surface area contributed by atoms with Gasteiger partial charge in [-0.2, -0.15) is 9.97 Å². The van der Waals surface area contributed by atoms with Gasteiger partial charge in [0.2, 0.25) is 5.28 Å². The molecule has 45 heavy (non-hydrogen) atoms. The molecule has 0 spiro atoms. The molecule has 0 radical (unpaired) electrons. The predicted molar refractivity (Wildman–Crippen MR) is 158 cm³/mol. The average molecular weight is 650 g/mol. The SMILES string of the molecule is C#C[C@@](O)([C@@H](COC(Cc1ccc(NCCN(C)CC(=O)O)cc1)(C(=O)O)C(=O)O)OC)[C@@H](O)n1cnc2c(N)nc(Cl)nc21. The number of halogens is 1. The van der Waals surface area contributed by atoms with Crippen LogP contribution in [0.15, 0.2) is 30.6 Å². The number of benzene rings is 1. The van der Waals surface area contributed by atoms with Gasteiger partial charge >= 0.3 is 17.9 Å². The molecule has 2 aromatic heterocycles. The molecule has 0 aliphatic rings. The van der Waals surface area contributed by atoms with Gasteiger partial charge in [-0.15, -0.1) is 6.42 Å². The Bertz CT molecular complexity index is 1560. The Labute approximate surface area is 261 Å². The van der Waals surface area contributed by atoms with Gasteiger partial charge in [0, 0.05) is 32.3 Å². The zero-order valence-electron chi connectivity index (χ0n) is 24.1. The van der Waals surface area contributed by atoms with E-state index in [0.717, 1.165) is 18.0 Å². The van der Waals surface area contributed by atoms with Crippen LogP contribution in [0.2, 0.25) is 5.28 Å². The van der Waals surface area contributed by atoms with E-state index in [1.165, 1.54) is 12.1 Å². The number of likely N-dealkylation sites (N-methyl/N-ethyl adjacent to an activating group) is 1. The second-order valence-corrected chi connectivity index (χ2v) is 10.3. The van der Waals surface area contributed by atoms with E-state index < -0.39 is 54.5 Å². The van der Waals surface area contributed by atoms with Gasteiger partial charge in [-0.3, -0.25) is 14.3 Å². The molecule has 0 aliphatic heterocycles. The van der Waals surface area contributed by atoms with Crippen molar-refractivity contribution >= 4 is 52.2 Å². The number of hydrogen-bond donors (Lipinski definition) is 7. The van der Waals surface area contributed by atoms with Gasteiger partial charge in [-0.25, -0.2) is 14.6 Å². The number of aromatic nitrogens is 4. The van der Waals surface area contributed by atoms with Crippen molar-refractivity contribution in [1.82, 2.24) is 24.4 Å². The summed E-state index contributed by atoms with van der Waals surface area (Å²) in [7, 11) is 2.73. The van der Waals surface area contributed by atoms with Crippen molar-refractivity contribution in [2.45, 2.75) is 30.0 Å². The van der Waals surface area contributed by atoms with Gasteiger partial charge in [0.25, 0.3) is 5.60 Å². The van der Waals surface area contributed by atoms with E-state index in [0.29, 0.717) is 18.8 Å². The number of nitrogens with zero attached hydrogens (tertiary/aromatic N) is 5. The van der Waals surface area contributed by atoms with E-state index >= 15 is 0 Å². The third kappa shape index (κ3) is 7.75. The molecule has 242 valence electrons. The second kappa shape index (κ2) is 14.5. The number of carboxylic acids is 3. The molecule has 18 heteroatoms. The molecule has 2 heterocycles. The van der Waals surface area contributed by atoms with E-state index in [-0.39, 0.29) is 34.4 Å². The van der Waals surface area contributed by atoms with E-state index in [9.17, 15) is 34.8 Å². The summed E-state index contributed by atoms with van der Waals surface area (Å²) >= 11 is 5.87. The normalized spacial score (nSPS) is 14.4. The van der Waals surface area contributed by atoms with Crippen LogP contribution in [-0.4, -0.2) is 126 Å². The Kier molecular flexibility index (Phi) is 11.2. The molecule has 1 aromatic carbocycles. The first kappa shape index (κ1) is 34.9. The van der Waals surface area contributed by atoms with E-state index in [2.05, 4.69) is 20.3 Å². The molecule has 8 N–H and O–H groups in total. The van der Waals surface area contributed by atoms with Crippen molar-refractivity contribution < 1.29 is 49.4 Å². The number of anilines is 2. The molecule has 0 aliphatic carbocycles. The number of aliphatic hydroxyl groups excluding tert-OH is 1. The van der Waals surface area contributed by atoms with Gasteiger partial charge in [-0.05, 0) is 36.3 Å². The molecule has 3 rings (SSSR count). The van der Waals surface area contributed by atoms with Crippen molar-refractivity contribution in [2.24, 2.45) is 0 Å². The Morgan fingerprint density at radius 3 is 2.40 bits per heavy atom. The summed E-state index contributed by atoms with van der Waals surface area (Å²) in [6, 6.07) is 6.16. The number of carbonyl (C=O) groups is 3. The first-order valence-corrected chi connectivity index (χ1v) is 13.5. The maximum atomic E-state index is 12.4. The summed E-state index contributed by atoms with van der Waals surface area (Å²) in [4.78, 5) is 48.8. The molecule has 0 saturated heterocycles. The first-order chi connectivity index (χ1) is 21.2. The summed E-state index contributed by atoms with van der Waals surface area (Å²) in [6.07, 6.45) is 2.26. The maximum absolute atomic E-state index is 12.4. The van der Waals surface area contributed by atoms with Crippen LogP contribution in [0.3, 0.4) is 0 Å². The summed E-state index contributed by atoms with van der Waals surface area (Å²) in [6.45, 7) is -0.199. The minimum atomic E-state index is -2.86. The molecule has 17 nitrogen and oxygen atoms in total. The highest BCUT2D eigenvalue weighted by molar-refractivity contribution is 6.28. The minimum absolute atomic E-state index is 0.0329. The van der Waals surface area contributed by atoms with Crippen molar-refractivity contribution in [3.05, 3.63) is 41.4 Å². The number of hydrogen-bond acceptors (Lipinski definition) is 13. The highest BCUT2D eigenvalue weighted by Gasteiger charge is 2.51. The zero-order valence-corrected chi connectivity index (χ0v) is 24.9. The monoisotopic (exact) mass is 649 g/mol. The highest BCUT2D eigenvalue weighted by Crippen LogP contribution is 2.31. The number of carboxylic acid groups (broad SMARTS) is 3. The highest BCUT2D eigenvalue weighted by atomic mass is 35.5. The number of terminal acetylenes is 1. The summed E-state index contributed by atoms with van der Waals surface area (Å²) in [5.74, 6) is -2.77. The molecule has 3 atom stereocenters. The number of ether oxygens (including phenoxy) is 2. The number of rotatable bonds is 17. The van der Waals surface area contributed by atoms with Gasteiger partial charge in [0.15, 0.2) is 23.3 Å². The van der Waals surface area contributed by atoms with Gasteiger partial charge in [0.05, 0.1) is 19.5 Å². The third-order valence-electron chi connectivity index (χ3n) is 6.89. The van der Waals surface area contributed by atoms with Crippen LogP contribution in [0, 0.1) is 12.3 Å². The number of nitrogen functional groups attached to an aromatic ring is 1. The van der Waals surface area contributed by atoms with Gasteiger partial charge in [0.1, 0.15) is 11.6 Å². The zero-order chi connectivity index (χ0) is 33.5. The number of aliphatic hydroxyl groups is 2. The minimum Gasteiger partial charge on any atom is -0.480 e. The molecular formula is C27H32ClN7O10. The molecular weight excluding hydrogens is 618 g/mol. The number of nitrogens with one attached hydrogen (secondary N) is 1. The first-order valence-electron chi connectivity index (χ1n) is 13.1. The number of aliphatic carboxylic acids is 3. The van der Waals surface area contributed by atoms with Crippen molar-refractivity contribution in [1.29, 1.82) is 0 Å². The third-order valence-corrected chi connectivity index (χ3v) is 7.06. The van der Waals surface area contributed by atoms with Crippen LogP contribution in [0.5, 0.6) is 0 Å². The lowest BCUT2D eigenvalue weighted by Crippen LogP contribution is -2.56. The average Bonchev–Trinajstić information content (AvgIpc) is 3.40. The summed E-state index contributed by atoms with van der Waals surface area (Å²) in [5.41, 5.74) is 1.11. The largest absolute Gasteiger partial charge is 0.480 e. The molecule has 0 amide bonds. The fraction of sp³-hybridized carbons (Fsp3) is 0.407. The molecule has 0 bridgehead atoms. The Balaban J connectivity index is 1.80. The molecule has 0 unspecified atom stereocenters. The van der Waals surface area contributed by atoms with E-state index in [4.69, 9.17) is 38.3 Å².